The van der Waals surface area contributed by atoms with Gasteiger partial charge in [0.05, 0.1) is 10.9 Å². The van der Waals surface area contributed by atoms with Crippen LogP contribution in [0.25, 0.3) is 0 Å². The molecule has 0 aromatic heterocycles. The van der Waals surface area contributed by atoms with E-state index in [-0.39, 0.29) is 18.0 Å². The number of amides is 1. The summed E-state index contributed by atoms with van der Waals surface area (Å²) >= 11 is 0. The van der Waals surface area contributed by atoms with Gasteiger partial charge >= 0.3 is 0 Å². The molecule has 1 aliphatic carbocycles. The van der Waals surface area contributed by atoms with Gasteiger partial charge in [-0.1, -0.05) is 26.0 Å². The molecule has 1 aromatic rings. The van der Waals surface area contributed by atoms with Gasteiger partial charge in [0.1, 0.15) is 0 Å². The SMILES string of the molecule is CCN(CC)S(=O)(=O)c1ccc([C@@H](C)N[C@H](C)C(=O)NC2CC2)cc1. The summed E-state index contributed by atoms with van der Waals surface area (Å²) in [5.74, 6) is 0.00933. The zero-order chi connectivity index (χ0) is 18.6. The molecular weight excluding hydrogens is 338 g/mol. The quantitative estimate of drug-likeness (QED) is 0.700. The van der Waals surface area contributed by atoms with Crippen LogP contribution < -0.4 is 10.6 Å². The topological polar surface area (TPSA) is 78.5 Å². The molecule has 0 heterocycles. The summed E-state index contributed by atoms with van der Waals surface area (Å²) in [7, 11) is -3.44. The maximum absolute atomic E-state index is 12.5. The summed E-state index contributed by atoms with van der Waals surface area (Å²) in [5, 5.41) is 6.24. The zero-order valence-corrected chi connectivity index (χ0v) is 16.3. The van der Waals surface area contributed by atoms with Crippen LogP contribution in [0.3, 0.4) is 0 Å². The van der Waals surface area contributed by atoms with Gasteiger partial charge in [0, 0.05) is 25.2 Å². The highest BCUT2D eigenvalue weighted by atomic mass is 32.2. The van der Waals surface area contributed by atoms with E-state index in [2.05, 4.69) is 10.6 Å². The second-order valence-electron chi connectivity index (χ2n) is 6.55. The summed E-state index contributed by atoms with van der Waals surface area (Å²) < 4.78 is 26.5. The molecule has 140 valence electrons. The largest absolute Gasteiger partial charge is 0.352 e. The molecule has 2 atom stereocenters. The fourth-order valence-electron chi connectivity index (χ4n) is 2.74. The van der Waals surface area contributed by atoms with E-state index in [0.717, 1.165) is 18.4 Å². The molecule has 2 rings (SSSR count). The van der Waals surface area contributed by atoms with E-state index in [1.54, 1.807) is 24.3 Å². The van der Waals surface area contributed by atoms with Crippen molar-refractivity contribution in [3.05, 3.63) is 29.8 Å². The molecule has 0 spiro atoms. The number of sulfonamides is 1. The molecule has 2 N–H and O–H groups in total. The Kier molecular flexibility index (Phi) is 6.59. The van der Waals surface area contributed by atoms with Crippen LogP contribution in [0.5, 0.6) is 0 Å². The van der Waals surface area contributed by atoms with Crippen LogP contribution in [0.15, 0.2) is 29.2 Å². The molecule has 0 saturated heterocycles. The van der Waals surface area contributed by atoms with Crippen molar-refractivity contribution >= 4 is 15.9 Å². The van der Waals surface area contributed by atoms with E-state index in [0.29, 0.717) is 24.0 Å². The van der Waals surface area contributed by atoms with E-state index >= 15 is 0 Å². The zero-order valence-electron chi connectivity index (χ0n) is 15.5. The number of carbonyl (C=O) groups is 1. The Hall–Kier alpha value is -1.44. The monoisotopic (exact) mass is 367 g/mol. The average Bonchev–Trinajstić information content (AvgIpc) is 3.39. The maximum Gasteiger partial charge on any atom is 0.243 e. The molecule has 7 heteroatoms. The summed E-state index contributed by atoms with van der Waals surface area (Å²) in [5.41, 5.74) is 0.949. The molecule has 1 aromatic carbocycles. The van der Waals surface area contributed by atoms with Crippen LogP contribution in [0, 0.1) is 0 Å². The Balaban J connectivity index is 2.02. The lowest BCUT2D eigenvalue weighted by Crippen LogP contribution is -2.43. The third-order valence-corrected chi connectivity index (χ3v) is 6.60. The van der Waals surface area contributed by atoms with Crippen molar-refractivity contribution in [2.45, 2.75) is 63.6 Å². The third-order valence-electron chi connectivity index (χ3n) is 4.54. The van der Waals surface area contributed by atoms with Gasteiger partial charge in [0.2, 0.25) is 15.9 Å². The molecule has 0 aliphatic heterocycles. The molecule has 1 saturated carbocycles. The summed E-state index contributed by atoms with van der Waals surface area (Å²) in [6, 6.07) is 6.88. The van der Waals surface area contributed by atoms with Crippen LogP contribution in [-0.2, 0) is 14.8 Å². The fourth-order valence-corrected chi connectivity index (χ4v) is 4.20. The Bertz CT molecular complexity index is 680. The van der Waals surface area contributed by atoms with Gasteiger partial charge in [0.15, 0.2) is 0 Å². The fraction of sp³-hybridized carbons (Fsp3) is 0.611. The second kappa shape index (κ2) is 8.29. The van der Waals surface area contributed by atoms with Gasteiger partial charge in [-0.2, -0.15) is 4.31 Å². The Morgan fingerprint density at radius 1 is 1.16 bits per heavy atom. The van der Waals surface area contributed by atoms with Crippen molar-refractivity contribution in [2.24, 2.45) is 0 Å². The molecule has 1 fully saturated rings. The standard InChI is InChI=1S/C18H29N3O3S/c1-5-21(6-2)25(23,24)17-11-7-15(8-12-17)13(3)19-14(4)18(22)20-16-9-10-16/h7-8,11-14,16,19H,5-6,9-10H2,1-4H3,(H,20,22)/t13-,14-/m1/s1. The first-order valence-electron chi connectivity index (χ1n) is 8.96. The minimum atomic E-state index is -3.44. The molecule has 0 radical (unpaired) electrons. The number of hydrogen-bond donors (Lipinski definition) is 2. The van der Waals surface area contributed by atoms with Crippen molar-refractivity contribution in [1.82, 2.24) is 14.9 Å². The van der Waals surface area contributed by atoms with Gasteiger partial charge in [-0.05, 0) is 44.4 Å². The van der Waals surface area contributed by atoms with Crippen LogP contribution in [0.4, 0.5) is 0 Å². The number of rotatable bonds is 9. The van der Waals surface area contributed by atoms with Crippen LogP contribution in [0.2, 0.25) is 0 Å². The highest BCUT2D eigenvalue weighted by Gasteiger charge is 2.26. The molecule has 6 nitrogen and oxygen atoms in total. The van der Waals surface area contributed by atoms with Crippen LogP contribution in [0.1, 0.15) is 52.1 Å². The van der Waals surface area contributed by atoms with Gasteiger partial charge in [-0.15, -0.1) is 0 Å². The van der Waals surface area contributed by atoms with Crippen molar-refractivity contribution in [2.75, 3.05) is 13.1 Å². The van der Waals surface area contributed by atoms with E-state index in [1.165, 1.54) is 4.31 Å². The normalized spacial score (nSPS) is 17.3. The van der Waals surface area contributed by atoms with Gasteiger partial charge in [-0.25, -0.2) is 8.42 Å². The summed E-state index contributed by atoms with van der Waals surface area (Å²) in [6.07, 6.45) is 2.13. The number of benzene rings is 1. The average molecular weight is 368 g/mol. The highest BCUT2D eigenvalue weighted by molar-refractivity contribution is 7.89. The molecule has 0 bridgehead atoms. The predicted octanol–water partition coefficient (Wildman–Crippen LogP) is 2.03. The van der Waals surface area contributed by atoms with E-state index in [1.807, 2.05) is 27.7 Å². The number of nitrogens with zero attached hydrogens (tertiary/aromatic N) is 1. The molecule has 1 aliphatic rings. The Morgan fingerprint density at radius 3 is 2.20 bits per heavy atom. The van der Waals surface area contributed by atoms with Crippen molar-refractivity contribution in [3.63, 3.8) is 0 Å². The van der Waals surface area contributed by atoms with Gasteiger partial charge in [-0.3, -0.25) is 10.1 Å². The second-order valence-corrected chi connectivity index (χ2v) is 8.49. The molecule has 1 amide bonds. The molecular formula is C18H29N3O3S. The lowest BCUT2D eigenvalue weighted by molar-refractivity contribution is -0.123. The van der Waals surface area contributed by atoms with E-state index < -0.39 is 10.0 Å². The minimum Gasteiger partial charge on any atom is -0.352 e. The van der Waals surface area contributed by atoms with Crippen molar-refractivity contribution < 1.29 is 13.2 Å². The minimum absolute atomic E-state index is 0.00933. The lowest BCUT2D eigenvalue weighted by Gasteiger charge is -2.21. The Labute approximate surface area is 151 Å². The maximum atomic E-state index is 12.5. The smallest absolute Gasteiger partial charge is 0.243 e. The third kappa shape index (κ3) is 5.03. The lowest BCUT2D eigenvalue weighted by atomic mass is 10.1. The van der Waals surface area contributed by atoms with Gasteiger partial charge < -0.3 is 5.32 Å². The first-order valence-corrected chi connectivity index (χ1v) is 10.4. The molecule has 0 unspecified atom stereocenters. The number of hydrogen-bond acceptors (Lipinski definition) is 4. The first-order chi connectivity index (χ1) is 11.8. The first kappa shape index (κ1) is 19.9. The predicted molar refractivity (Wildman–Crippen MR) is 98.7 cm³/mol. The van der Waals surface area contributed by atoms with Crippen molar-refractivity contribution in [1.29, 1.82) is 0 Å². The number of carbonyl (C=O) groups excluding carboxylic acids is 1. The Morgan fingerprint density at radius 2 is 1.72 bits per heavy atom. The highest BCUT2D eigenvalue weighted by Crippen LogP contribution is 2.21. The summed E-state index contributed by atoms with van der Waals surface area (Å²) in [6.45, 7) is 8.37. The molecule has 25 heavy (non-hydrogen) atoms. The van der Waals surface area contributed by atoms with E-state index in [4.69, 9.17) is 0 Å². The van der Waals surface area contributed by atoms with E-state index in [9.17, 15) is 13.2 Å². The number of nitrogens with one attached hydrogen (secondary N) is 2. The summed E-state index contributed by atoms with van der Waals surface area (Å²) in [4.78, 5) is 12.3. The van der Waals surface area contributed by atoms with Crippen molar-refractivity contribution in [3.8, 4) is 0 Å². The van der Waals surface area contributed by atoms with Crippen LogP contribution >= 0.6 is 0 Å². The van der Waals surface area contributed by atoms with Gasteiger partial charge in [0.25, 0.3) is 0 Å². The van der Waals surface area contributed by atoms with Crippen LogP contribution in [-0.4, -0.2) is 43.8 Å².